The van der Waals surface area contributed by atoms with Crippen molar-refractivity contribution < 1.29 is 9.21 Å². The average molecular weight is 317 g/mol. The number of carbonyl (C=O) groups excluding carboxylic acids is 1. The van der Waals surface area contributed by atoms with Crippen LogP contribution in [-0.2, 0) is 6.54 Å². The molecule has 22 heavy (non-hydrogen) atoms. The van der Waals surface area contributed by atoms with Crippen molar-refractivity contribution in [2.24, 2.45) is 11.8 Å². The number of amides is 1. The van der Waals surface area contributed by atoms with Crippen LogP contribution in [0.25, 0.3) is 0 Å². The summed E-state index contributed by atoms with van der Waals surface area (Å²) in [5.41, 5.74) is 2.31. The predicted molar refractivity (Wildman–Crippen MR) is 83.6 cm³/mol. The zero-order chi connectivity index (χ0) is 14.9. The van der Waals surface area contributed by atoms with Gasteiger partial charge in [-0.15, -0.1) is 11.3 Å². The van der Waals surface area contributed by atoms with Crippen molar-refractivity contribution in [3.8, 4) is 0 Å². The molecule has 2 aromatic heterocycles. The van der Waals surface area contributed by atoms with E-state index in [1.54, 1.807) is 11.8 Å². The molecule has 2 aromatic rings. The Morgan fingerprint density at radius 3 is 3.05 bits per heavy atom. The first-order valence-corrected chi connectivity index (χ1v) is 8.66. The molecule has 2 fully saturated rings. The smallest absolute Gasteiger partial charge is 0.273 e. The maximum atomic E-state index is 12.4. The molecule has 1 amide bonds. The summed E-state index contributed by atoms with van der Waals surface area (Å²) in [6.07, 6.45) is 2.82. The molecule has 0 aromatic carbocycles. The van der Waals surface area contributed by atoms with Gasteiger partial charge in [-0.2, -0.15) is 0 Å². The quantitative estimate of drug-likeness (QED) is 0.872. The maximum absolute atomic E-state index is 12.4. The van der Waals surface area contributed by atoms with Gasteiger partial charge in [0, 0.05) is 31.6 Å². The van der Waals surface area contributed by atoms with E-state index in [0.717, 1.165) is 44.9 Å². The lowest BCUT2D eigenvalue weighted by Gasteiger charge is -2.34. The molecule has 0 spiro atoms. The van der Waals surface area contributed by atoms with E-state index in [9.17, 15) is 4.79 Å². The van der Waals surface area contributed by atoms with E-state index in [1.165, 1.54) is 11.3 Å². The van der Waals surface area contributed by atoms with Crippen LogP contribution in [0.1, 0.15) is 22.7 Å². The monoisotopic (exact) mass is 317 g/mol. The lowest BCUT2D eigenvalue weighted by molar-refractivity contribution is 0.0637. The molecule has 0 saturated carbocycles. The van der Waals surface area contributed by atoms with Gasteiger partial charge in [-0.1, -0.05) is 0 Å². The highest BCUT2D eigenvalue weighted by molar-refractivity contribution is 7.07. The van der Waals surface area contributed by atoms with Gasteiger partial charge in [0.2, 0.25) is 0 Å². The Morgan fingerprint density at radius 1 is 1.36 bits per heavy atom. The van der Waals surface area contributed by atoms with Crippen LogP contribution in [0.5, 0.6) is 0 Å². The Balaban J connectivity index is 1.38. The van der Waals surface area contributed by atoms with Gasteiger partial charge in [-0.25, -0.2) is 4.98 Å². The van der Waals surface area contributed by atoms with Crippen molar-refractivity contribution in [2.75, 3.05) is 26.2 Å². The summed E-state index contributed by atoms with van der Waals surface area (Å²) in [5, 5.41) is 1.84. The summed E-state index contributed by atoms with van der Waals surface area (Å²) >= 11 is 1.48. The number of nitrogens with zero attached hydrogens (tertiary/aromatic N) is 3. The Hall–Kier alpha value is -1.66. The first kappa shape index (κ1) is 14.0. The summed E-state index contributed by atoms with van der Waals surface area (Å²) in [6.45, 7) is 4.75. The maximum Gasteiger partial charge on any atom is 0.273 e. The van der Waals surface area contributed by atoms with Gasteiger partial charge >= 0.3 is 0 Å². The Morgan fingerprint density at radius 2 is 2.27 bits per heavy atom. The molecule has 4 heterocycles. The molecule has 0 radical (unpaired) electrons. The predicted octanol–water partition coefficient (Wildman–Crippen LogP) is 2.33. The number of likely N-dealkylation sites (tertiary alicyclic amines) is 2. The topological polar surface area (TPSA) is 49.6 Å². The molecule has 0 N–H and O–H groups in total. The van der Waals surface area contributed by atoms with Crippen molar-refractivity contribution in [2.45, 2.75) is 13.0 Å². The highest BCUT2D eigenvalue weighted by Gasteiger charge is 2.38. The minimum atomic E-state index is 0.0872. The van der Waals surface area contributed by atoms with Crippen LogP contribution in [-0.4, -0.2) is 46.9 Å². The van der Waals surface area contributed by atoms with E-state index in [-0.39, 0.29) is 5.91 Å². The average Bonchev–Trinajstić information content (AvgIpc) is 3.27. The second-order valence-corrected chi connectivity index (χ2v) is 6.93. The minimum Gasteiger partial charge on any atom is -0.468 e. The van der Waals surface area contributed by atoms with Crippen LogP contribution >= 0.6 is 11.3 Å². The van der Waals surface area contributed by atoms with Crippen molar-refractivity contribution in [1.29, 1.82) is 0 Å². The highest BCUT2D eigenvalue weighted by atomic mass is 32.1. The third-order valence-corrected chi connectivity index (χ3v) is 5.36. The van der Waals surface area contributed by atoms with Crippen LogP contribution < -0.4 is 0 Å². The molecule has 5 nitrogen and oxygen atoms in total. The van der Waals surface area contributed by atoms with Crippen molar-refractivity contribution in [3.05, 3.63) is 40.7 Å². The van der Waals surface area contributed by atoms with Crippen LogP contribution in [0.15, 0.2) is 33.7 Å². The largest absolute Gasteiger partial charge is 0.468 e. The zero-order valence-electron chi connectivity index (χ0n) is 12.4. The third kappa shape index (κ3) is 2.68. The zero-order valence-corrected chi connectivity index (χ0v) is 13.2. The van der Waals surface area contributed by atoms with Gasteiger partial charge in [0.15, 0.2) is 0 Å². The number of furan rings is 1. The van der Waals surface area contributed by atoms with Gasteiger partial charge in [0.25, 0.3) is 5.91 Å². The molecule has 0 aliphatic carbocycles. The summed E-state index contributed by atoms with van der Waals surface area (Å²) in [7, 11) is 0. The van der Waals surface area contributed by atoms with Gasteiger partial charge in [-0.3, -0.25) is 9.69 Å². The van der Waals surface area contributed by atoms with Crippen LogP contribution in [0.4, 0.5) is 0 Å². The van der Waals surface area contributed by atoms with Crippen LogP contribution in [0, 0.1) is 11.8 Å². The van der Waals surface area contributed by atoms with Gasteiger partial charge in [0.1, 0.15) is 11.5 Å². The molecule has 0 bridgehead atoms. The number of aromatic nitrogens is 1. The summed E-state index contributed by atoms with van der Waals surface area (Å²) in [4.78, 5) is 21.0. The molecule has 2 aliphatic heterocycles. The molecular formula is C16H19N3O2S. The van der Waals surface area contributed by atoms with E-state index in [2.05, 4.69) is 9.88 Å². The van der Waals surface area contributed by atoms with E-state index in [1.807, 2.05) is 22.4 Å². The van der Waals surface area contributed by atoms with E-state index >= 15 is 0 Å². The molecule has 0 unspecified atom stereocenters. The van der Waals surface area contributed by atoms with Crippen molar-refractivity contribution >= 4 is 17.2 Å². The normalized spacial score (nSPS) is 25.4. The molecule has 2 saturated heterocycles. The molecule has 4 rings (SSSR count). The fraction of sp³-hybridized carbons (Fsp3) is 0.500. The fourth-order valence-corrected chi connectivity index (χ4v) is 4.21. The number of carbonyl (C=O) groups is 1. The van der Waals surface area contributed by atoms with Gasteiger partial charge < -0.3 is 9.32 Å². The van der Waals surface area contributed by atoms with E-state index < -0.39 is 0 Å². The SMILES string of the molecule is O=C(c1cscn1)N1CC[C@H]2CN(Cc3ccco3)C[C@H]2C1. The molecule has 116 valence electrons. The first-order valence-electron chi connectivity index (χ1n) is 7.72. The molecule has 6 heteroatoms. The molecular weight excluding hydrogens is 298 g/mol. The number of fused-ring (bicyclic) bond motifs is 1. The molecule has 2 atom stereocenters. The number of rotatable bonds is 3. The second-order valence-electron chi connectivity index (χ2n) is 6.21. The van der Waals surface area contributed by atoms with E-state index in [4.69, 9.17) is 4.42 Å². The lowest BCUT2D eigenvalue weighted by Crippen LogP contribution is -2.43. The second kappa shape index (κ2) is 5.85. The first-order chi connectivity index (χ1) is 10.8. The van der Waals surface area contributed by atoms with Crippen molar-refractivity contribution in [1.82, 2.24) is 14.8 Å². The van der Waals surface area contributed by atoms with Gasteiger partial charge in [-0.05, 0) is 30.4 Å². The third-order valence-electron chi connectivity index (χ3n) is 4.77. The van der Waals surface area contributed by atoms with Crippen molar-refractivity contribution in [3.63, 3.8) is 0 Å². The van der Waals surface area contributed by atoms with E-state index in [0.29, 0.717) is 17.5 Å². The van der Waals surface area contributed by atoms with Gasteiger partial charge in [0.05, 0.1) is 18.3 Å². The van der Waals surface area contributed by atoms with Crippen LogP contribution in [0.2, 0.25) is 0 Å². The summed E-state index contributed by atoms with van der Waals surface area (Å²) in [6, 6.07) is 3.97. The standard InChI is InChI=1S/C16H19N3O2S/c20-16(15-10-22-11-17-15)19-4-3-12-6-18(7-13(12)8-19)9-14-2-1-5-21-14/h1-2,5,10-13H,3-4,6-9H2/t12-,13-/m0/s1. The Kier molecular flexibility index (Phi) is 3.72. The number of hydrogen-bond donors (Lipinski definition) is 0. The number of thiazole rings is 1. The summed E-state index contributed by atoms with van der Waals surface area (Å²) < 4.78 is 5.44. The molecule has 2 aliphatic rings. The number of piperidine rings is 1. The Bertz CT molecular complexity index is 626. The summed E-state index contributed by atoms with van der Waals surface area (Å²) in [5.74, 6) is 2.39. The van der Waals surface area contributed by atoms with Crippen LogP contribution in [0.3, 0.4) is 0 Å². The lowest BCUT2D eigenvalue weighted by atomic mass is 9.88. The Labute approximate surface area is 133 Å². The number of hydrogen-bond acceptors (Lipinski definition) is 5. The fourth-order valence-electron chi connectivity index (χ4n) is 3.68. The minimum absolute atomic E-state index is 0.0872. The highest BCUT2D eigenvalue weighted by Crippen LogP contribution is 2.32.